The molecule has 0 radical (unpaired) electrons. The number of hydrogen-bond acceptors (Lipinski definition) is 2. The third kappa shape index (κ3) is 3.46. The van der Waals surface area contributed by atoms with E-state index in [0.717, 1.165) is 25.8 Å². The van der Waals surface area contributed by atoms with Crippen LogP contribution in [0.5, 0.6) is 0 Å². The molecule has 1 N–H and O–H groups in total. The summed E-state index contributed by atoms with van der Waals surface area (Å²) in [5, 5.41) is 3.42. The van der Waals surface area contributed by atoms with E-state index in [1.807, 2.05) is 11.9 Å². The second kappa shape index (κ2) is 6.61. The van der Waals surface area contributed by atoms with Crippen molar-refractivity contribution in [3.8, 4) is 0 Å². The lowest BCUT2D eigenvalue weighted by Crippen LogP contribution is -2.53. The molecular weight excluding hydrogens is 260 g/mol. The Labute approximate surface area is 128 Å². The molecule has 1 atom stereocenters. The van der Waals surface area contributed by atoms with Gasteiger partial charge in [-0.15, -0.1) is 0 Å². The van der Waals surface area contributed by atoms with E-state index in [4.69, 9.17) is 0 Å². The van der Waals surface area contributed by atoms with Gasteiger partial charge in [0.2, 0.25) is 5.91 Å². The van der Waals surface area contributed by atoms with Gasteiger partial charge < -0.3 is 10.2 Å². The van der Waals surface area contributed by atoms with E-state index in [0.29, 0.717) is 12.5 Å². The van der Waals surface area contributed by atoms with E-state index in [1.54, 1.807) is 0 Å². The lowest BCUT2D eigenvalue weighted by atomic mass is 9.92. The zero-order chi connectivity index (χ0) is 15.5. The quantitative estimate of drug-likeness (QED) is 0.901. The van der Waals surface area contributed by atoms with Gasteiger partial charge >= 0.3 is 0 Å². The summed E-state index contributed by atoms with van der Waals surface area (Å²) in [4.78, 5) is 14.6. The van der Waals surface area contributed by atoms with Gasteiger partial charge in [-0.1, -0.05) is 45.0 Å². The molecule has 116 valence electrons. The highest BCUT2D eigenvalue weighted by Gasteiger charge is 2.40. The predicted octanol–water partition coefficient (Wildman–Crippen LogP) is 3.30. The van der Waals surface area contributed by atoms with E-state index < -0.39 is 0 Å². The van der Waals surface area contributed by atoms with Crippen LogP contribution in [-0.4, -0.2) is 29.9 Å². The topological polar surface area (TPSA) is 32.3 Å². The molecule has 1 amide bonds. The molecule has 0 aliphatic carbocycles. The van der Waals surface area contributed by atoms with Crippen molar-refractivity contribution < 1.29 is 4.79 Å². The summed E-state index contributed by atoms with van der Waals surface area (Å²) in [6, 6.07) is 8.61. The lowest BCUT2D eigenvalue weighted by molar-refractivity contribution is -0.137. The maximum Gasteiger partial charge on any atom is 0.242 e. The molecule has 21 heavy (non-hydrogen) atoms. The largest absolute Gasteiger partial charge is 0.340 e. The first kappa shape index (κ1) is 16.0. The molecule has 1 aliphatic heterocycles. The van der Waals surface area contributed by atoms with Crippen LogP contribution >= 0.6 is 0 Å². The summed E-state index contributed by atoms with van der Waals surface area (Å²) in [6.07, 6.45) is 2.91. The third-order valence-electron chi connectivity index (χ3n) is 4.67. The molecule has 1 aromatic rings. The van der Waals surface area contributed by atoms with E-state index in [9.17, 15) is 4.79 Å². The minimum absolute atomic E-state index is 0.232. The number of amides is 1. The number of carbonyl (C=O) groups excluding carboxylic acids is 1. The molecule has 1 aromatic carbocycles. The minimum Gasteiger partial charge on any atom is -0.340 e. The average molecular weight is 288 g/mol. The van der Waals surface area contributed by atoms with Crippen LogP contribution in [0.3, 0.4) is 0 Å². The zero-order valence-corrected chi connectivity index (χ0v) is 13.8. The molecule has 1 heterocycles. The molecule has 0 bridgehead atoms. The van der Waals surface area contributed by atoms with Crippen molar-refractivity contribution in [3.05, 3.63) is 35.4 Å². The van der Waals surface area contributed by atoms with Crippen LogP contribution < -0.4 is 5.32 Å². The lowest BCUT2D eigenvalue weighted by Gasteiger charge is -2.32. The average Bonchev–Trinajstić information content (AvgIpc) is 2.97. The van der Waals surface area contributed by atoms with Gasteiger partial charge in [0.1, 0.15) is 0 Å². The number of carbonyl (C=O) groups is 1. The predicted molar refractivity (Wildman–Crippen MR) is 87.3 cm³/mol. The number of nitrogens with one attached hydrogen (secondary N) is 1. The Morgan fingerprint density at radius 2 is 2.00 bits per heavy atom. The van der Waals surface area contributed by atoms with Gasteiger partial charge in [-0.05, 0) is 42.9 Å². The van der Waals surface area contributed by atoms with Crippen LogP contribution in [0.1, 0.15) is 57.1 Å². The second-order valence-corrected chi connectivity index (χ2v) is 6.52. The van der Waals surface area contributed by atoms with Crippen LogP contribution in [0.4, 0.5) is 0 Å². The molecule has 0 aromatic heterocycles. The van der Waals surface area contributed by atoms with Crippen LogP contribution in [0.15, 0.2) is 24.3 Å². The Morgan fingerprint density at radius 3 is 2.48 bits per heavy atom. The Balaban J connectivity index is 2.03. The molecule has 1 unspecified atom stereocenters. The highest BCUT2D eigenvalue weighted by atomic mass is 16.2. The van der Waals surface area contributed by atoms with Crippen molar-refractivity contribution in [2.75, 3.05) is 13.6 Å². The van der Waals surface area contributed by atoms with Gasteiger partial charge in [0.15, 0.2) is 0 Å². The van der Waals surface area contributed by atoms with E-state index in [2.05, 4.69) is 50.4 Å². The fourth-order valence-electron chi connectivity index (χ4n) is 3.16. The number of nitrogens with zero attached hydrogens (tertiary/aromatic N) is 1. The van der Waals surface area contributed by atoms with Crippen LogP contribution in [-0.2, 0) is 11.3 Å². The van der Waals surface area contributed by atoms with E-state index in [-0.39, 0.29) is 11.4 Å². The van der Waals surface area contributed by atoms with Crippen molar-refractivity contribution >= 4 is 5.91 Å². The van der Waals surface area contributed by atoms with Crippen molar-refractivity contribution in [2.24, 2.45) is 0 Å². The number of likely N-dealkylation sites (N-methyl/N-ethyl adjacent to an activating group) is 1. The normalized spacial score (nSPS) is 21.8. The van der Waals surface area contributed by atoms with Crippen LogP contribution in [0.2, 0.25) is 0 Å². The van der Waals surface area contributed by atoms with E-state index >= 15 is 0 Å². The fourth-order valence-corrected chi connectivity index (χ4v) is 3.16. The molecule has 2 rings (SSSR count). The maximum atomic E-state index is 12.7. The molecule has 1 saturated heterocycles. The number of rotatable bonds is 5. The van der Waals surface area contributed by atoms with Crippen molar-refractivity contribution in [1.29, 1.82) is 0 Å². The standard InChI is InChI=1S/C18H28N2O/c1-5-18(11-6-12-19-18)17(21)20(4)13-15-7-9-16(10-8-15)14(2)3/h7-10,14,19H,5-6,11-13H2,1-4H3. The van der Waals surface area contributed by atoms with Crippen molar-refractivity contribution in [1.82, 2.24) is 10.2 Å². The fraction of sp³-hybridized carbons (Fsp3) is 0.611. The molecular formula is C18H28N2O. The third-order valence-corrected chi connectivity index (χ3v) is 4.67. The molecule has 3 nitrogen and oxygen atoms in total. The Hall–Kier alpha value is -1.35. The first-order chi connectivity index (χ1) is 9.98. The first-order valence-electron chi connectivity index (χ1n) is 8.08. The highest BCUT2D eigenvalue weighted by molar-refractivity contribution is 5.86. The van der Waals surface area contributed by atoms with Crippen molar-refractivity contribution in [2.45, 2.75) is 58.0 Å². The van der Waals surface area contributed by atoms with Gasteiger partial charge in [0.25, 0.3) is 0 Å². The summed E-state index contributed by atoms with van der Waals surface area (Å²) in [6.45, 7) is 8.13. The van der Waals surface area contributed by atoms with Gasteiger partial charge in [-0.2, -0.15) is 0 Å². The smallest absolute Gasteiger partial charge is 0.242 e. The zero-order valence-electron chi connectivity index (χ0n) is 13.8. The first-order valence-corrected chi connectivity index (χ1v) is 8.08. The van der Waals surface area contributed by atoms with E-state index in [1.165, 1.54) is 11.1 Å². The second-order valence-electron chi connectivity index (χ2n) is 6.52. The Bertz CT molecular complexity index is 472. The number of benzene rings is 1. The maximum absolute atomic E-state index is 12.7. The van der Waals surface area contributed by atoms with Gasteiger partial charge in [0.05, 0.1) is 5.54 Å². The molecule has 0 spiro atoms. The van der Waals surface area contributed by atoms with Gasteiger partial charge in [-0.25, -0.2) is 0 Å². The Morgan fingerprint density at radius 1 is 1.33 bits per heavy atom. The highest BCUT2D eigenvalue weighted by Crippen LogP contribution is 2.26. The minimum atomic E-state index is -0.327. The molecule has 1 aliphatic rings. The Kier molecular flexibility index (Phi) is 5.04. The molecule has 3 heteroatoms. The summed E-state index contributed by atoms with van der Waals surface area (Å²) in [7, 11) is 1.91. The van der Waals surface area contributed by atoms with Crippen molar-refractivity contribution in [3.63, 3.8) is 0 Å². The summed E-state index contributed by atoms with van der Waals surface area (Å²) >= 11 is 0. The number of hydrogen-bond donors (Lipinski definition) is 1. The molecule has 1 fully saturated rings. The summed E-state index contributed by atoms with van der Waals surface area (Å²) in [5.74, 6) is 0.778. The van der Waals surface area contributed by atoms with Gasteiger partial charge in [-0.3, -0.25) is 4.79 Å². The summed E-state index contributed by atoms with van der Waals surface area (Å²) < 4.78 is 0. The molecule has 0 saturated carbocycles. The monoisotopic (exact) mass is 288 g/mol. The van der Waals surface area contributed by atoms with Crippen LogP contribution in [0.25, 0.3) is 0 Å². The summed E-state index contributed by atoms with van der Waals surface area (Å²) in [5.41, 5.74) is 2.21. The SMILES string of the molecule is CCC1(C(=O)N(C)Cc2ccc(C(C)C)cc2)CCCN1. The van der Waals surface area contributed by atoms with Crippen LogP contribution in [0, 0.1) is 0 Å². The van der Waals surface area contributed by atoms with Gasteiger partial charge in [0, 0.05) is 13.6 Å².